The van der Waals surface area contributed by atoms with Gasteiger partial charge in [-0.1, -0.05) is 34.1 Å². The molecule has 0 aliphatic carbocycles. The third-order valence-electron chi connectivity index (χ3n) is 5.07. The van der Waals surface area contributed by atoms with Gasteiger partial charge in [-0.05, 0) is 37.6 Å². The fourth-order valence-corrected chi connectivity index (χ4v) is 2.95. The first kappa shape index (κ1) is 27.1. The van der Waals surface area contributed by atoms with Gasteiger partial charge in [0.05, 0.1) is 12.8 Å². The molecule has 4 N–H and O–H groups in total. The first-order chi connectivity index (χ1) is 15.0. The number of halogens is 1. The van der Waals surface area contributed by atoms with Crippen molar-refractivity contribution in [2.75, 3.05) is 20.7 Å². The first-order valence-corrected chi connectivity index (χ1v) is 10.5. The van der Waals surface area contributed by atoms with Crippen LogP contribution in [-0.2, 0) is 17.9 Å². The number of amides is 2. The largest absolute Gasteiger partial charge is 0.497 e. The van der Waals surface area contributed by atoms with Crippen molar-refractivity contribution in [1.82, 2.24) is 14.5 Å². The fourth-order valence-electron chi connectivity index (χ4n) is 2.95. The summed E-state index contributed by atoms with van der Waals surface area (Å²) in [6.45, 7) is 11.1. The number of aromatic nitrogens is 2. The number of carbonyl (C=O) groups excluding carboxylic acids is 2. The predicted molar refractivity (Wildman–Crippen MR) is 124 cm³/mol. The highest BCUT2D eigenvalue weighted by atomic mass is 19.1. The van der Waals surface area contributed by atoms with Gasteiger partial charge < -0.3 is 25.7 Å². The Labute approximate surface area is 189 Å². The zero-order valence-corrected chi connectivity index (χ0v) is 19.9. The van der Waals surface area contributed by atoms with Gasteiger partial charge in [0, 0.05) is 24.7 Å². The van der Waals surface area contributed by atoms with E-state index in [4.69, 9.17) is 15.3 Å². The summed E-state index contributed by atoms with van der Waals surface area (Å²) in [6, 6.07) is 4.40. The molecule has 178 valence electrons. The van der Waals surface area contributed by atoms with Crippen molar-refractivity contribution < 1.29 is 18.7 Å². The number of primary amides is 2. The van der Waals surface area contributed by atoms with E-state index >= 15 is 0 Å². The molecule has 1 aromatic heterocycles. The van der Waals surface area contributed by atoms with Gasteiger partial charge in [0.1, 0.15) is 17.4 Å². The second-order valence-electron chi connectivity index (χ2n) is 8.77. The molecule has 9 heteroatoms. The summed E-state index contributed by atoms with van der Waals surface area (Å²) in [4.78, 5) is 26.8. The Morgan fingerprint density at radius 2 is 1.88 bits per heavy atom. The van der Waals surface area contributed by atoms with Gasteiger partial charge in [0.25, 0.3) is 5.91 Å². The number of fused-ring (bicyclic) bond motifs is 1. The highest BCUT2D eigenvalue weighted by Gasteiger charge is 2.25. The van der Waals surface area contributed by atoms with E-state index in [9.17, 15) is 9.18 Å². The minimum absolute atomic E-state index is 0.247. The normalized spacial score (nSPS) is 13.5. The molecular weight excluding hydrogens is 413 g/mol. The van der Waals surface area contributed by atoms with Crippen molar-refractivity contribution in [2.45, 2.75) is 53.6 Å². The Bertz CT molecular complexity index is 906. The molecule has 2 heterocycles. The Balaban J connectivity index is 0.000000486. The number of nitrogens with two attached hydrogens (primary N) is 2. The van der Waals surface area contributed by atoms with Gasteiger partial charge in [-0.15, -0.1) is 0 Å². The van der Waals surface area contributed by atoms with Crippen molar-refractivity contribution in [1.29, 1.82) is 0 Å². The van der Waals surface area contributed by atoms with Crippen LogP contribution in [-0.4, -0.2) is 47.5 Å². The molecule has 0 saturated carbocycles. The van der Waals surface area contributed by atoms with Gasteiger partial charge in [-0.3, -0.25) is 9.59 Å². The molecule has 3 rings (SSSR count). The quantitative estimate of drug-likeness (QED) is 0.698. The average molecular weight is 450 g/mol. The van der Waals surface area contributed by atoms with E-state index in [1.165, 1.54) is 25.7 Å². The molecule has 0 saturated heterocycles. The zero-order valence-electron chi connectivity index (χ0n) is 19.9. The van der Waals surface area contributed by atoms with Gasteiger partial charge in [-0.25, -0.2) is 9.37 Å². The minimum atomic E-state index is -0.571. The van der Waals surface area contributed by atoms with Gasteiger partial charge >= 0.3 is 0 Å². The Kier molecular flexibility index (Phi) is 10.3. The van der Waals surface area contributed by atoms with E-state index in [1.54, 1.807) is 6.07 Å². The van der Waals surface area contributed by atoms with Crippen LogP contribution in [0.25, 0.3) is 11.4 Å². The van der Waals surface area contributed by atoms with E-state index in [1.807, 2.05) is 11.6 Å². The third kappa shape index (κ3) is 7.96. The number of methoxy groups -OCH3 is 1. The van der Waals surface area contributed by atoms with Gasteiger partial charge in [0.2, 0.25) is 6.41 Å². The standard InChI is InChI=1S/C16H19FN4O2.C6H14.CH3NO/c1-20-4-3-5-21-13(9-20)14(15(18)22)19-16(21)10-6-11(17)8-12(7-10)23-2;1-5-6(2,3)4;2-1-3/h6-8H,3-5,9H2,1-2H3,(H2,18,22);5H2,1-4H3;1H,(H2,2,3). The van der Waals surface area contributed by atoms with Crippen molar-refractivity contribution in [3.8, 4) is 17.1 Å². The lowest BCUT2D eigenvalue weighted by molar-refractivity contribution is -0.106. The van der Waals surface area contributed by atoms with Crippen LogP contribution >= 0.6 is 0 Å². The molecule has 2 amide bonds. The SMILES string of the molecule is CCC(C)(C)C.COc1cc(F)cc(-c2nc(C(N)=O)c3n2CCCN(C)C3)c1.NC=O. The van der Waals surface area contributed by atoms with E-state index in [-0.39, 0.29) is 12.1 Å². The number of nitrogens with zero attached hydrogens (tertiary/aromatic N) is 3. The van der Waals surface area contributed by atoms with Crippen LogP contribution in [0.5, 0.6) is 5.75 Å². The molecule has 0 atom stereocenters. The molecule has 1 aliphatic rings. The number of benzene rings is 1. The number of hydrogen-bond acceptors (Lipinski definition) is 5. The molecule has 0 fully saturated rings. The van der Waals surface area contributed by atoms with Crippen LogP contribution < -0.4 is 16.2 Å². The second kappa shape index (κ2) is 12.2. The van der Waals surface area contributed by atoms with Crippen LogP contribution in [0.2, 0.25) is 0 Å². The highest BCUT2D eigenvalue weighted by molar-refractivity contribution is 5.93. The van der Waals surface area contributed by atoms with Crippen molar-refractivity contribution in [3.63, 3.8) is 0 Å². The van der Waals surface area contributed by atoms with E-state index in [0.29, 0.717) is 35.6 Å². The lowest BCUT2D eigenvalue weighted by Gasteiger charge is -2.12. The van der Waals surface area contributed by atoms with Crippen LogP contribution in [0, 0.1) is 11.2 Å². The monoisotopic (exact) mass is 449 g/mol. The molecule has 2 aromatic rings. The summed E-state index contributed by atoms with van der Waals surface area (Å²) in [5, 5.41) is 0. The van der Waals surface area contributed by atoms with Crippen molar-refractivity contribution in [2.24, 2.45) is 16.9 Å². The molecular formula is C23H36FN5O3. The van der Waals surface area contributed by atoms with Gasteiger partial charge in [-0.2, -0.15) is 0 Å². The summed E-state index contributed by atoms with van der Waals surface area (Å²) < 4.78 is 20.9. The summed E-state index contributed by atoms with van der Waals surface area (Å²) in [6.07, 6.45) is 2.44. The summed E-state index contributed by atoms with van der Waals surface area (Å²) in [5.41, 5.74) is 11.8. The number of imidazole rings is 1. The fraction of sp³-hybridized carbons (Fsp3) is 0.522. The highest BCUT2D eigenvalue weighted by Crippen LogP contribution is 2.29. The Hall–Kier alpha value is -2.94. The molecule has 8 nitrogen and oxygen atoms in total. The van der Waals surface area contributed by atoms with Crippen LogP contribution in [0.1, 0.15) is 56.7 Å². The third-order valence-corrected chi connectivity index (χ3v) is 5.07. The molecule has 0 bridgehead atoms. The number of ether oxygens (including phenoxy) is 1. The van der Waals surface area contributed by atoms with Crippen molar-refractivity contribution >= 4 is 12.3 Å². The van der Waals surface area contributed by atoms with Crippen LogP contribution in [0.15, 0.2) is 18.2 Å². The topological polar surface area (TPSA) is 116 Å². The molecule has 0 unspecified atom stereocenters. The lowest BCUT2D eigenvalue weighted by atomic mass is 9.94. The molecule has 1 aromatic carbocycles. The molecule has 1 aliphatic heterocycles. The number of rotatable bonds is 3. The zero-order chi connectivity index (χ0) is 24.5. The second-order valence-corrected chi connectivity index (χ2v) is 8.77. The minimum Gasteiger partial charge on any atom is -0.497 e. The average Bonchev–Trinajstić information content (AvgIpc) is 2.95. The Morgan fingerprint density at radius 3 is 2.38 bits per heavy atom. The van der Waals surface area contributed by atoms with E-state index in [0.717, 1.165) is 18.7 Å². The van der Waals surface area contributed by atoms with Crippen LogP contribution in [0.3, 0.4) is 0 Å². The maximum atomic E-state index is 13.8. The van der Waals surface area contributed by atoms with E-state index in [2.05, 4.69) is 43.3 Å². The molecule has 0 radical (unpaired) electrons. The predicted octanol–water partition coefficient (Wildman–Crippen LogP) is 3.18. The van der Waals surface area contributed by atoms with Crippen molar-refractivity contribution in [3.05, 3.63) is 35.4 Å². The van der Waals surface area contributed by atoms with E-state index < -0.39 is 11.7 Å². The Morgan fingerprint density at radius 1 is 1.28 bits per heavy atom. The smallest absolute Gasteiger partial charge is 0.269 e. The summed E-state index contributed by atoms with van der Waals surface area (Å²) in [7, 11) is 3.47. The maximum Gasteiger partial charge on any atom is 0.269 e. The summed E-state index contributed by atoms with van der Waals surface area (Å²) >= 11 is 0. The number of carbonyl (C=O) groups is 2. The van der Waals surface area contributed by atoms with Gasteiger partial charge in [0.15, 0.2) is 5.69 Å². The lowest BCUT2D eigenvalue weighted by Crippen LogP contribution is -2.21. The van der Waals surface area contributed by atoms with Crippen LogP contribution in [0.4, 0.5) is 4.39 Å². The summed E-state index contributed by atoms with van der Waals surface area (Å²) in [5.74, 6) is -0.0349. The number of hydrogen-bond donors (Lipinski definition) is 2. The first-order valence-electron chi connectivity index (χ1n) is 10.5. The molecule has 32 heavy (non-hydrogen) atoms. The maximum absolute atomic E-state index is 13.8. The molecule has 0 spiro atoms.